The summed E-state index contributed by atoms with van der Waals surface area (Å²) in [4.78, 5) is 38.2. The van der Waals surface area contributed by atoms with Crippen molar-refractivity contribution in [2.75, 3.05) is 13.2 Å². The fraction of sp³-hybridized carbons (Fsp3) is 0.952. The first-order valence-electron chi connectivity index (χ1n) is 30.6. The number of ether oxygens (including phenoxy) is 3. The van der Waals surface area contributed by atoms with Crippen LogP contribution in [0.2, 0.25) is 0 Å². The van der Waals surface area contributed by atoms with Gasteiger partial charge in [0.15, 0.2) is 6.10 Å². The zero-order valence-electron chi connectivity index (χ0n) is 46.9. The van der Waals surface area contributed by atoms with Crippen molar-refractivity contribution in [3.05, 3.63) is 0 Å². The van der Waals surface area contributed by atoms with Gasteiger partial charge in [-0.1, -0.05) is 305 Å². The summed E-state index contributed by atoms with van der Waals surface area (Å²) in [7, 11) is 0. The van der Waals surface area contributed by atoms with Crippen LogP contribution in [0.3, 0.4) is 0 Å². The molecule has 0 saturated heterocycles. The van der Waals surface area contributed by atoms with Crippen LogP contribution in [0.1, 0.15) is 343 Å². The Morgan fingerprint density at radius 3 is 0.765 bits per heavy atom. The van der Waals surface area contributed by atoms with E-state index in [0.717, 1.165) is 75.5 Å². The predicted molar refractivity (Wildman–Crippen MR) is 293 cm³/mol. The van der Waals surface area contributed by atoms with Crippen molar-refractivity contribution >= 4 is 17.9 Å². The normalized spacial score (nSPS) is 12.5. The van der Waals surface area contributed by atoms with Crippen LogP contribution in [0.15, 0.2) is 0 Å². The van der Waals surface area contributed by atoms with Crippen molar-refractivity contribution in [3.8, 4) is 0 Å². The van der Waals surface area contributed by atoms with Crippen LogP contribution >= 0.6 is 0 Å². The van der Waals surface area contributed by atoms with Gasteiger partial charge in [-0.25, -0.2) is 0 Å². The Morgan fingerprint density at radius 2 is 0.515 bits per heavy atom. The topological polar surface area (TPSA) is 78.9 Å². The number of hydrogen-bond acceptors (Lipinski definition) is 6. The monoisotopic (exact) mass is 961 g/mol. The van der Waals surface area contributed by atoms with Crippen LogP contribution in [0.4, 0.5) is 0 Å². The van der Waals surface area contributed by atoms with Crippen LogP contribution < -0.4 is 0 Å². The SMILES string of the molecule is CCC(C)CCCCCCCCCCC(=O)O[C@H](COC(=O)CCCCCCCCCCCCCCCCCCCCC(C)C)COC(=O)CCCCCCCCCCCCCCCCC(C)C. The molecular formula is C62H120O6. The molecule has 0 radical (unpaired) electrons. The van der Waals surface area contributed by atoms with E-state index in [1.54, 1.807) is 0 Å². The van der Waals surface area contributed by atoms with Gasteiger partial charge in [0, 0.05) is 19.3 Å². The molecule has 0 rings (SSSR count). The zero-order valence-corrected chi connectivity index (χ0v) is 46.9. The Kier molecular flexibility index (Phi) is 52.0. The highest BCUT2D eigenvalue weighted by molar-refractivity contribution is 5.71. The van der Waals surface area contributed by atoms with Crippen molar-refractivity contribution in [1.82, 2.24) is 0 Å². The second kappa shape index (κ2) is 53.2. The summed E-state index contributed by atoms with van der Waals surface area (Å²) in [5.41, 5.74) is 0. The summed E-state index contributed by atoms with van der Waals surface area (Å²) >= 11 is 0. The minimum Gasteiger partial charge on any atom is -0.462 e. The lowest BCUT2D eigenvalue weighted by atomic mass is 9.99. The van der Waals surface area contributed by atoms with E-state index in [1.165, 1.54) is 225 Å². The Hall–Kier alpha value is -1.59. The second-order valence-corrected chi connectivity index (χ2v) is 22.5. The van der Waals surface area contributed by atoms with Gasteiger partial charge in [0.1, 0.15) is 13.2 Å². The van der Waals surface area contributed by atoms with E-state index in [2.05, 4.69) is 41.5 Å². The lowest BCUT2D eigenvalue weighted by Crippen LogP contribution is -2.30. The Bertz CT molecular complexity index is 1060. The maximum atomic E-state index is 12.8. The van der Waals surface area contributed by atoms with Crippen LogP contribution in [-0.2, 0) is 28.6 Å². The molecule has 0 aliphatic heterocycles. The summed E-state index contributed by atoms with van der Waals surface area (Å²) in [6, 6.07) is 0. The average molecular weight is 962 g/mol. The first-order valence-corrected chi connectivity index (χ1v) is 30.6. The molecule has 1 unspecified atom stereocenters. The van der Waals surface area contributed by atoms with Gasteiger partial charge in [-0.3, -0.25) is 14.4 Å². The molecule has 0 aromatic rings. The molecule has 68 heavy (non-hydrogen) atoms. The van der Waals surface area contributed by atoms with Gasteiger partial charge < -0.3 is 14.2 Å². The third kappa shape index (κ3) is 53.8. The van der Waals surface area contributed by atoms with Gasteiger partial charge in [0.2, 0.25) is 0 Å². The van der Waals surface area contributed by atoms with Gasteiger partial charge in [-0.05, 0) is 37.0 Å². The molecule has 0 spiro atoms. The summed E-state index contributed by atoms with van der Waals surface area (Å²) in [5.74, 6) is 1.71. The minimum atomic E-state index is -0.764. The van der Waals surface area contributed by atoms with E-state index in [-0.39, 0.29) is 31.1 Å². The largest absolute Gasteiger partial charge is 0.462 e. The van der Waals surface area contributed by atoms with Crippen LogP contribution in [0.5, 0.6) is 0 Å². The first kappa shape index (κ1) is 66.4. The highest BCUT2D eigenvalue weighted by atomic mass is 16.6. The van der Waals surface area contributed by atoms with Gasteiger partial charge in [-0.15, -0.1) is 0 Å². The van der Waals surface area contributed by atoms with Crippen molar-refractivity contribution in [2.45, 2.75) is 349 Å². The fourth-order valence-corrected chi connectivity index (χ4v) is 9.50. The molecule has 0 saturated carbocycles. The van der Waals surface area contributed by atoms with Crippen molar-refractivity contribution < 1.29 is 28.6 Å². The predicted octanol–water partition coefficient (Wildman–Crippen LogP) is 20.3. The highest BCUT2D eigenvalue weighted by Crippen LogP contribution is 2.19. The molecule has 6 nitrogen and oxygen atoms in total. The van der Waals surface area contributed by atoms with E-state index in [4.69, 9.17) is 14.2 Å². The maximum absolute atomic E-state index is 12.8. The number of rotatable bonds is 55. The lowest BCUT2D eigenvalue weighted by Gasteiger charge is -2.18. The van der Waals surface area contributed by atoms with E-state index in [0.29, 0.717) is 19.3 Å². The van der Waals surface area contributed by atoms with Crippen LogP contribution in [-0.4, -0.2) is 37.2 Å². The smallest absolute Gasteiger partial charge is 0.306 e. The Morgan fingerprint density at radius 1 is 0.294 bits per heavy atom. The summed E-state index contributed by atoms with van der Waals surface area (Å²) in [6.45, 7) is 13.8. The molecule has 0 heterocycles. The van der Waals surface area contributed by atoms with Gasteiger partial charge in [-0.2, -0.15) is 0 Å². The molecule has 2 atom stereocenters. The molecule has 0 N–H and O–H groups in total. The lowest BCUT2D eigenvalue weighted by molar-refractivity contribution is -0.167. The van der Waals surface area contributed by atoms with E-state index >= 15 is 0 Å². The summed E-state index contributed by atoms with van der Waals surface area (Å²) < 4.78 is 16.9. The van der Waals surface area contributed by atoms with Gasteiger partial charge >= 0.3 is 17.9 Å². The summed E-state index contributed by atoms with van der Waals surface area (Å²) in [5, 5.41) is 0. The first-order chi connectivity index (χ1) is 33.1. The van der Waals surface area contributed by atoms with E-state index in [1.807, 2.05) is 0 Å². The fourth-order valence-electron chi connectivity index (χ4n) is 9.50. The second-order valence-electron chi connectivity index (χ2n) is 22.5. The standard InChI is InChI=1S/C62H120O6/c1-7-58(6)50-44-38-32-28-29-35-41-47-53-62(65)68-59(55-67-61(64)52-46-40-34-27-23-19-15-14-17-21-25-31-37-43-49-57(4)5)54-66-60(63)51-45-39-33-26-22-18-13-11-9-8-10-12-16-20-24-30-36-42-48-56(2)3/h56-59H,7-55H2,1-6H3/t58?,59-/m1/s1. The molecule has 404 valence electrons. The molecule has 0 aliphatic carbocycles. The maximum Gasteiger partial charge on any atom is 0.306 e. The van der Waals surface area contributed by atoms with E-state index < -0.39 is 6.10 Å². The van der Waals surface area contributed by atoms with Crippen LogP contribution in [0, 0.1) is 17.8 Å². The van der Waals surface area contributed by atoms with Gasteiger partial charge in [0.05, 0.1) is 0 Å². The van der Waals surface area contributed by atoms with Crippen molar-refractivity contribution in [3.63, 3.8) is 0 Å². The summed E-state index contributed by atoms with van der Waals surface area (Å²) in [6.07, 6.45) is 56.7. The molecule has 0 fully saturated rings. The average Bonchev–Trinajstić information content (AvgIpc) is 3.31. The van der Waals surface area contributed by atoms with E-state index in [9.17, 15) is 14.4 Å². The van der Waals surface area contributed by atoms with Crippen molar-refractivity contribution in [2.24, 2.45) is 17.8 Å². The third-order valence-corrected chi connectivity index (χ3v) is 14.5. The quantitative estimate of drug-likeness (QED) is 0.0343. The molecule has 0 amide bonds. The molecular weight excluding hydrogens is 841 g/mol. The highest BCUT2D eigenvalue weighted by Gasteiger charge is 2.19. The molecule has 0 aliphatic rings. The van der Waals surface area contributed by atoms with Gasteiger partial charge in [0.25, 0.3) is 0 Å². The molecule has 0 aromatic heterocycles. The number of carbonyl (C=O) groups excluding carboxylic acids is 3. The molecule has 0 aromatic carbocycles. The Balaban J connectivity index is 4.23. The zero-order chi connectivity index (χ0) is 49.8. The van der Waals surface area contributed by atoms with Crippen molar-refractivity contribution in [1.29, 1.82) is 0 Å². The number of unbranched alkanes of at least 4 members (excludes halogenated alkanes) is 37. The molecule has 0 bridgehead atoms. The van der Waals surface area contributed by atoms with Crippen LogP contribution in [0.25, 0.3) is 0 Å². The number of carbonyl (C=O) groups is 3. The number of esters is 3. The molecule has 6 heteroatoms. The minimum absolute atomic E-state index is 0.0635. The number of hydrogen-bond donors (Lipinski definition) is 0. The Labute approximate surface area is 425 Å². The third-order valence-electron chi connectivity index (χ3n) is 14.5.